The fourth-order valence-corrected chi connectivity index (χ4v) is 3.10. The minimum atomic E-state index is 0.0968. The van der Waals surface area contributed by atoms with E-state index in [-0.39, 0.29) is 6.04 Å². The summed E-state index contributed by atoms with van der Waals surface area (Å²) in [5, 5.41) is 4.16. The van der Waals surface area contributed by atoms with Gasteiger partial charge >= 0.3 is 0 Å². The van der Waals surface area contributed by atoms with E-state index >= 15 is 0 Å². The highest BCUT2D eigenvalue weighted by Crippen LogP contribution is 2.40. The van der Waals surface area contributed by atoms with E-state index in [1.807, 2.05) is 12.1 Å². The number of fused-ring (bicyclic) bond motifs is 1. The van der Waals surface area contributed by atoms with Crippen LogP contribution in [0.5, 0.6) is 11.5 Å². The van der Waals surface area contributed by atoms with Gasteiger partial charge in [0.15, 0.2) is 11.5 Å². The number of ether oxygens (including phenoxy) is 2. The summed E-state index contributed by atoms with van der Waals surface area (Å²) in [6.45, 7) is 4.93. The van der Waals surface area contributed by atoms with Crippen molar-refractivity contribution in [1.82, 2.24) is 5.32 Å². The third kappa shape index (κ3) is 3.44. The van der Waals surface area contributed by atoms with Crippen LogP contribution in [-0.2, 0) is 0 Å². The molecule has 116 valence electrons. The van der Waals surface area contributed by atoms with Crippen LogP contribution in [0, 0.1) is 11.8 Å². The van der Waals surface area contributed by atoms with Crippen molar-refractivity contribution < 1.29 is 9.47 Å². The maximum absolute atomic E-state index is 6.30. The van der Waals surface area contributed by atoms with Crippen LogP contribution in [0.3, 0.4) is 0 Å². The molecule has 3 N–H and O–H groups in total. The molecule has 2 unspecified atom stereocenters. The van der Waals surface area contributed by atoms with Gasteiger partial charge in [-0.3, -0.25) is 0 Å². The van der Waals surface area contributed by atoms with Gasteiger partial charge in [0.25, 0.3) is 0 Å². The molecule has 0 saturated heterocycles. The lowest BCUT2D eigenvalue weighted by molar-refractivity contribution is 0.171. The first-order chi connectivity index (χ1) is 10.2. The molecule has 3 rings (SSSR count). The van der Waals surface area contributed by atoms with E-state index in [4.69, 9.17) is 26.8 Å². The van der Waals surface area contributed by atoms with Crippen molar-refractivity contribution in [3.05, 3.63) is 22.7 Å². The van der Waals surface area contributed by atoms with Gasteiger partial charge < -0.3 is 20.5 Å². The summed E-state index contributed by atoms with van der Waals surface area (Å²) >= 11 is 6.30. The quantitative estimate of drug-likeness (QED) is 0.848. The van der Waals surface area contributed by atoms with Crippen LogP contribution >= 0.6 is 11.6 Å². The van der Waals surface area contributed by atoms with Crippen LogP contribution in [0.15, 0.2) is 12.1 Å². The maximum atomic E-state index is 6.30. The second kappa shape index (κ2) is 6.42. The Morgan fingerprint density at radius 1 is 1.33 bits per heavy atom. The van der Waals surface area contributed by atoms with Gasteiger partial charge in [-0.25, -0.2) is 0 Å². The molecule has 0 bridgehead atoms. The molecule has 1 saturated carbocycles. The molecule has 1 aliphatic heterocycles. The second-order valence-corrected chi connectivity index (χ2v) is 6.45. The highest BCUT2D eigenvalue weighted by Gasteiger charge is 2.28. The van der Waals surface area contributed by atoms with Gasteiger partial charge in [0.2, 0.25) is 0 Å². The van der Waals surface area contributed by atoms with Crippen molar-refractivity contribution in [3.8, 4) is 11.5 Å². The first-order valence-corrected chi connectivity index (χ1v) is 8.09. The molecule has 1 fully saturated rings. The van der Waals surface area contributed by atoms with Crippen molar-refractivity contribution in [2.45, 2.75) is 25.8 Å². The summed E-state index contributed by atoms with van der Waals surface area (Å²) < 4.78 is 11.2. The number of halogens is 1. The molecule has 0 amide bonds. The molecule has 1 aliphatic carbocycles. The Morgan fingerprint density at radius 3 is 2.81 bits per heavy atom. The van der Waals surface area contributed by atoms with Crippen molar-refractivity contribution >= 4 is 11.6 Å². The first-order valence-electron chi connectivity index (χ1n) is 7.71. The Bertz CT molecular complexity index is 505. The third-order valence-corrected chi connectivity index (χ3v) is 4.65. The number of nitrogens with two attached hydrogens (primary N) is 1. The molecule has 0 spiro atoms. The van der Waals surface area contributed by atoms with E-state index in [2.05, 4.69) is 12.2 Å². The maximum Gasteiger partial charge on any atom is 0.179 e. The van der Waals surface area contributed by atoms with Crippen molar-refractivity contribution in [2.75, 3.05) is 26.3 Å². The standard InChI is InChI=1S/C16H23ClN2O2/c1-10(11-2-3-11)9-19-14(8-18)12-6-13(17)16-15(7-12)20-4-5-21-16/h6-7,10-11,14,19H,2-5,8-9,18H2,1H3. The summed E-state index contributed by atoms with van der Waals surface area (Å²) in [6, 6.07) is 4.02. The van der Waals surface area contributed by atoms with E-state index in [0.717, 1.165) is 23.8 Å². The molecule has 2 atom stereocenters. The number of benzene rings is 1. The first kappa shape index (κ1) is 14.9. The molecule has 1 aromatic carbocycles. The van der Waals surface area contributed by atoms with Gasteiger partial charge in [-0.2, -0.15) is 0 Å². The fraction of sp³-hybridized carbons (Fsp3) is 0.625. The summed E-state index contributed by atoms with van der Waals surface area (Å²) in [6.07, 6.45) is 2.73. The molecule has 5 heteroatoms. The number of nitrogens with one attached hydrogen (secondary N) is 1. The molecule has 1 heterocycles. The fourth-order valence-electron chi connectivity index (χ4n) is 2.83. The van der Waals surface area contributed by atoms with Gasteiger partial charge in [-0.05, 0) is 48.9 Å². The molecule has 0 radical (unpaired) electrons. The van der Waals surface area contributed by atoms with Gasteiger partial charge in [0.05, 0.1) is 5.02 Å². The lowest BCUT2D eigenvalue weighted by Crippen LogP contribution is -2.32. The lowest BCUT2D eigenvalue weighted by Gasteiger charge is -2.24. The normalized spacial score (nSPS) is 20.1. The Hall–Kier alpha value is -0.970. The topological polar surface area (TPSA) is 56.5 Å². The molecule has 1 aromatic rings. The van der Waals surface area contributed by atoms with Gasteiger partial charge in [-0.15, -0.1) is 0 Å². The Labute approximate surface area is 130 Å². The smallest absolute Gasteiger partial charge is 0.179 e. The summed E-state index contributed by atoms with van der Waals surface area (Å²) in [7, 11) is 0. The monoisotopic (exact) mass is 310 g/mol. The molecular weight excluding hydrogens is 288 g/mol. The third-order valence-electron chi connectivity index (χ3n) is 4.37. The zero-order valence-electron chi connectivity index (χ0n) is 12.4. The SMILES string of the molecule is CC(CNC(CN)c1cc(Cl)c2c(c1)OCCO2)C1CC1. The van der Waals surface area contributed by atoms with Gasteiger partial charge in [-0.1, -0.05) is 18.5 Å². The van der Waals surface area contributed by atoms with Crippen molar-refractivity contribution in [3.63, 3.8) is 0 Å². The van der Waals surface area contributed by atoms with Crippen LogP contribution in [0.25, 0.3) is 0 Å². The van der Waals surface area contributed by atoms with E-state index in [0.29, 0.717) is 36.4 Å². The summed E-state index contributed by atoms with van der Waals surface area (Å²) in [5.74, 6) is 2.96. The summed E-state index contributed by atoms with van der Waals surface area (Å²) in [4.78, 5) is 0. The van der Waals surface area contributed by atoms with Crippen molar-refractivity contribution in [2.24, 2.45) is 17.6 Å². The van der Waals surface area contributed by atoms with Crippen LogP contribution in [0.2, 0.25) is 5.02 Å². The minimum Gasteiger partial charge on any atom is -0.486 e. The van der Waals surface area contributed by atoms with E-state index < -0.39 is 0 Å². The average Bonchev–Trinajstić information content (AvgIpc) is 3.32. The Kier molecular flexibility index (Phi) is 4.57. The minimum absolute atomic E-state index is 0.0968. The van der Waals surface area contributed by atoms with E-state index in [9.17, 15) is 0 Å². The lowest BCUT2D eigenvalue weighted by atomic mass is 10.0. The predicted octanol–water partition coefficient (Wildman–Crippen LogP) is 2.75. The van der Waals surface area contributed by atoms with Crippen LogP contribution < -0.4 is 20.5 Å². The van der Waals surface area contributed by atoms with E-state index in [1.54, 1.807) is 0 Å². The second-order valence-electron chi connectivity index (χ2n) is 6.04. The highest BCUT2D eigenvalue weighted by molar-refractivity contribution is 6.32. The van der Waals surface area contributed by atoms with Crippen LogP contribution in [0.1, 0.15) is 31.4 Å². The zero-order chi connectivity index (χ0) is 14.8. The molecule has 0 aromatic heterocycles. The number of hydrogen-bond donors (Lipinski definition) is 2. The molecule has 21 heavy (non-hydrogen) atoms. The Balaban J connectivity index is 1.72. The number of hydrogen-bond acceptors (Lipinski definition) is 4. The van der Waals surface area contributed by atoms with Gasteiger partial charge in [0, 0.05) is 12.6 Å². The molecule has 4 nitrogen and oxygen atoms in total. The number of rotatable bonds is 6. The largest absolute Gasteiger partial charge is 0.486 e. The molecular formula is C16H23ClN2O2. The van der Waals surface area contributed by atoms with Crippen LogP contribution in [0.4, 0.5) is 0 Å². The van der Waals surface area contributed by atoms with Gasteiger partial charge in [0.1, 0.15) is 13.2 Å². The average molecular weight is 311 g/mol. The Morgan fingerprint density at radius 2 is 2.10 bits per heavy atom. The predicted molar refractivity (Wildman–Crippen MR) is 84.1 cm³/mol. The van der Waals surface area contributed by atoms with E-state index in [1.165, 1.54) is 12.8 Å². The summed E-state index contributed by atoms with van der Waals surface area (Å²) in [5.41, 5.74) is 7.00. The van der Waals surface area contributed by atoms with Crippen molar-refractivity contribution in [1.29, 1.82) is 0 Å². The highest BCUT2D eigenvalue weighted by atomic mass is 35.5. The molecule has 2 aliphatic rings. The van der Waals surface area contributed by atoms with Crippen LogP contribution in [-0.4, -0.2) is 26.3 Å². The zero-order valence-corrected chi connectivity index (χ0v) is 13.2.